The summed E-state index contributed by atoms with van der Waals surface area (Å²) in [6.07, 6.45) is 4.36. The van der Waals surface area contributed by atoms with Crippen molar-refractivity contribution in [2.45, 2.75) is 32.2 Å². The number of hydrogen-bond acceptors (Lipinski definition) is 5. The van der Waals surface area contributed by atoms with Crippen LogP contribution in [0, 0.1) is 0 Å². The van der Waals surface area contributed by atoms with Crippen molar-refractivity contribution < 1.29 is 4.52 Å². The number of benzene rings is 1. The highest BCUT2D eigenvalue weighted by atomic mass is 16.5. The number of pyridine rings is 1. The molecule has 0 aliphatic heterocycles. The van der Waals surface area contributed by atoms with E-state index in [-0.39, 0.29) is 6.04 Å². The summed E-state index contributed by atoms with van der Waals surface area (Å²) in [4.78, 5) is 8.82. The molecule has 0 saturated heterocycles. The first kappa shape index (κ1) is 13.7. The number of nitrogens with zero attached hydrogens (tertiary/aromatic N) is 3. The Morgan fingerprint density at radius 1 is 1.24 bits per heavy atom. The van der Waals surface area contributed by atoms with E-state index in [4.69, 9.17) is 10.3 Å². The molecule has 3 rings (SSSR count). The monoisotopic (exact) mass is 282 g/mol. The number of rotatable bonds is 5. The van der Waals surface area contributed by atoms with E-state index in [1.807, 2.05) is 30.3 Å². The molecule has 2 aromatic heterocycles. The Morgan fingerprint density at radius 3 is 2.95 bits per heavy atom. The highest BCUT2D eigenvalue weighted by Gasteiger charge is 2.14. The van der Waals surface area contributed by atoms with E-state index in [9.17, 15) is 0 Å². The first-order chi connectivity index (χ1) is 10.3. The summed E-state index contributed by atoms with van der Waals surface area (Å²) in [6, 6.07) is 10.1. The van der Waals surface area contributed by atoms with E-state index in [0.29, 0.717) is 18.1 Å². The molecule has 3 aromatic rings. The minimum absolute atomic E-state index is 0.0591. The van der Waals surface area contributed by atoms with Gasteiger partial charge in [-0.25, -0.2) is 0 Å². The molecule has 0 aliphatic carbocycles. The van der Waals surface area contributed by atoms with Gasteiger partial charge in [-0.15, -0.1) is 0 Å². The third kappa shape index (κ3) is 2.92. The van der Waals surface area contributed by atoms with Gasteiger partial charge in [0.1, 0.15) is 5.69 Å². The molecule has 0 amide bonds. The third-order valence-corrected chi connectivity index (χ3v) is 3.45. The van der Waals surface area contributed by atoms with Crippen molar-refractivity contribution in [3.05, 3.63) is 42.4 Å². The van der Waals surface area contributed by atoms with E-state index < -0.39 is 0 Å². The second kappa shape index (κ2) is 6.01. The van der Waals surface area contributed by atoms with E-state index in [1.165, 1.54) is 0 Å². The predicted octanol–water partition coefficient (Wildman–Crippen LogP) is 2.95. The SMILES string of the molecule is CCCC(N)Cc1nc(-c2nccc3ccccc23)no1. The maximum absolute atomic E-state index is 6.01. The predicted molar refractivity (Wildman–Crippen MR) is 81.6 cm³/mol. The molecule has 2 N–H and O–H groups in total. The van der Waals surface area contributed by atoms with Crippen molar-refractivity contribution in [2.75, 3.05) is 0 Å². The van der Waals surface area contributed by atoms with Crippen molar-refractivity contribution in [3.63, 3.8) is 0 Å². The van der Waals surface area contributed by atoms with Crippen molar-refractivity contribution in [2.24, 2.45) is 5.73 Å². The molecular formula is C16H18N4O. The molecule has 1 atom stereocenters. The Labute approximate surface area is 123 Å². The van der Waals surface area contributed by atoms with Gasteiger partial charge in [-0.3, -0.25) is 4.98 Å². The average Bonchev–Trinajstić information content (AvgIpc) is 2.95. The highest BCUT2D eigenvalue weighted by Crippen LogP contribution is 2.24. The normalized spacial score (nSPS) is 12.7. The van der Waals surface area contributed by atoms with Crippen molar-refractivity contribution in [1.82, 2.24) is 15.1 Å². The summed E-state index contributed by atoms with van der Waals surface area (Å²) in [7, 11) is 0. The largest absolute Gasteiger partial charge is 0.339 e. The van der Waals surface area contributed by atoms with Gasteiger partial charge in [0.05, 0.1) is 0 Å². The molecule has 0 bridgehead atoms. The zero-order chi connectivity index (χ0) is 14.7. The summed E-state index contributed by atoms with van der Waals surface area (Å²) in [6.45, 7) is 2.11. The van der Waals surface area contributed by atoms with Crippen molar-refractivity contribution >= 4 is 10.8 Å². The van der Waals surface area contributed by atoms with Crippen molar-refractivity contribution in [1.29, 1.82) is 0 Å². The number of fused-ring (bicyclic) bond motifs is 1. The van der Waals surface area contributed by atoms with Crippen LogP contribution in [-0.4, -0.2) is 21.2 Å². The van der Waals surface area contributed by atoms with Crippen molar-refractivity contribution in [3.8, 4) is 11.5 Å². The van der Waals surface area contributed by atoms with Gasteiger partial charge in [0.25, 0.3) is 0 Å². The van der Waals surface area contributed by atoms with Gasteiger partial charge in [-0.2, -0.15) is 4.98 Å². The van der Waals surface area contributed by atoms with Crippen LogP contribution in [0.25, 0.3) is 22.3 Å². The quantitative estimate of drug-likeness (QED) is 0.778. The molecule has 5 heteroatoms. The van der Waals surface area contributed by atoms with Crippen LogP contribution in [0.3, 0.4) is 0 Å². The van der Waals surface area contributed by atoms with E-state index in [2.05, 4.69) is 22.0 Å². The van der Waals surface area contributed by atoms with Crippen LogP contribution >= 0.6 is 0 Å². The fourth-order valence-corrected chi connectivity index (χ4v) is 2.43. The number of aromatic nitrogens is 3. The first-order valence-electron chi connectivity index (χ1n) is 7.20. The molecule has 0 aliphatic rings. The average molecular weight is 282 g/mol. The van der Waals surface area contributed by atoms with E-state index >= 15 is 0 Å². The molecule has 0 radical (unpaired) electrons. The lowest BCUT2D eigenvalue weighted by Gasteiger charge is -2.05. The fourth-order valence-electron chi connectivity index (χ4n) is 2.43. The van der Waals surface area contributed by atoms with Crippen LogP contribution < -0.4 is 5.73 Å². The molecule has 1 aromatic carbocycles. The van der Waals surface area contributed by atoms with Crippen LogP contribution in [0.15, 0.2) is 41.1 Å². The van der Waals surface area contributed by atoms with Gasteiger partial charge >= 0.3 is 0 Å². The zero-order valence-corrected chi connectivity index (χ0v) is 12.0. The molecule has 2 heterocycles. The second-order valence-corrected chi connectivity index (χ2v) is 5.15. The fraction of sp³-hybridized carbons (Fsp3) is 0.312. The Balaban J connectivity index is 1.91. The van der Waals surface area contributed by atoms with E-state index in [0.717, 1.165) is 29.3 Å². The highest BCUT2D eigenvalue weighted by molar-refractivity contribution is 5.92. The molecule has 0 saturated carbocycles. The maximum Gasteiger partial charge on any atom is 0.228 e. The number of hydrogen-bond donors (Lipinski definition) is 1. The molecular weight excluding hydrogens is 264 g/mol. The topological polar surface area (TPSA) is 77.8 Å². The van der Waals surface area contributed by atoms with Crippen LogP contribution in [0.2, 0.25) is 0 Å². The van der Waals surface area contributed by atoms with Crippen LogP contribution in [0.5, 0.6) is 0 Å². The minimum atomic E-state index is 0.0591. The molecule has 21 heavy (non-hydrogen) atoms. The first-order valence-corrected chi connectivity index (χ1v) is 7.20. The lowest BCUT2D eigenvalue weighted by atomic mass is 10.1. The maximum atomic E-state index is 6.01. The van der Waals surface area contributed by atoms with Crippen LogP contribution in [0.4, 0.5) is 0 Å². The van der Waals surface area contributed by atoms with Gasteiger partial charge in [0.15, 0.2) is 0 Å². The zero-order valence-electron chi connectivity index (χ0n) is 12.0. The van der Waals surface area contributed by atoms with Gasteiger partial charge in [0.2, 0.25) is 11.7 Å². The molecule has 0 fully saturated rings. The Morgan fingerprint density at radius 2 is 2.10 bits per heavy atom. The summed E-state index contributed by atoms with van der Waals surface area (Å²) in [5.74, 6) is 1.09. The summed E-state index contributed by atoms with van der Waals surface area (Å²) in [5.41, 5.74) is 6.75. The van der Waals surface area contributed by atoms with Gasteiger partial charge in [-0.05, 0) is 17.9 Å². The Kier molecular flexibility index (Phi) is 3.92. The summed E-state index contributed by atoms with van der Waals surface area (Å²) >= 11 is 0. The van der Waals surface area contributed by atoms with Gasteiger partial charge in [0, 0.05) is 24.0 Å². The van der Waals surface area contributed by atoms with Crippen LogP contribution in [-0.2, 0) is 6.42 Å². The standard InChI is InChI=1S/C16H18N4O/c1-2-5-12(17)10-14-19-16(20-21-14)15-13-7-4-3-6-11(13)8-9-18-15/h3-4,6-9,12H,2,5,10,17H2,1H3. The number of nitrogens with two attached hydrogens (primary N) is 1. The third-order valence-electron chi connectivity index (χ3n) is 3.45. The van der Waals surface area contributed by atoms with E-state index in [1.54, 1.807) is 6.20 Å². The lowest BCUT2D eigenvalue weighted by molar-refractivity contribution is 0.366. The minimum Gasteiger partial charge on any atom is -0.339 e. The Bertz CT molecular complexity index is 732. The second-order valence-electron chi connectivity index (χ2n) is 5.15. The molecule has 0 spiro atoms. The molecule has 1 unspecified atom stereocenters. The summed E-state index contributed by atoms with van der Waals surface area (Å²) in [5, 5.41) is 6.17. The molecule has 108 valence electrons. The van der Waals surface area contributed by atoms with Gasteiger partial charge < -0.3 is 10.3 Å². The Hall–Kier alpha value is -2.27. The van der Waals surface area contributed by atoms with Crippen LogP contribution in [0.1, 0.15) is 25.7 Å². The molecule has 5 nitrogen and oxygen atoms in total. The van der Waals surface area contributed by atoms with Gasteiger partial charge in [-0.1, -0.05) is 42.8 Å². The lowest BCUT2D eigenvalue weighted by Crippen LogP contribution is -2.22. The summed E-state index contributed by atoms with van der Waals surface area (Å²) < 4.78 is 5.30. The smallest absolute Gasteiger partial charge is 0.228 e.